The molecule has 1 amide bonds. The number of piperazine rings is 1. The molecule has 0 bridgehead atoms. The molecular formula is C20H33N3O2. The van der Waals surface area contributed by atoms with E-state index in [1.807, 2.05) is 13.0 Å². The topological polar surface area (TPSA) is 53.6 Å². The van der Waals surface area contributed by atoms with Gasteiger partial charge < -0.3 is 20.3 Å². The number of carbonyl (C=O) groups excluding carboxylic acids is 1. The van der Waals surface area contributed by atoms with Crippen molar-refractivity contribution < 1.29 is 9.53 Å². The summed E-state index contributed by atoms with van der Waals surface area (Å²) in [6.07, 6.45) is 2.71. The summed E-state index contributed by atoms with van der Waals surface area (Å²) in [6, 6.07) is 6.17. The lowest BCUT2D eigenvalue weighted by Gasteiger charge is -2.27. The number of amides is 1. The van der Waals surface area contributed by atoms with Gasteiger partial charge in [-0.1, -0.05) is 19.9 Å². The van der Waals surface area contributed by atoms with Gasteiger partial charge in [0, 0.05) is 38.6 Å². The van der Waals surface area contributed by atoms with Gasteiger partial charge in [-0.25, -0.2) is 0 Å². The summed E-state index contributed by atoms with van der Waals surface area (Å²) in [7, 11) is 0. The Kier molecular flexibility index (Phi) is 8.22. The van der Waals surface area contributed by atoms with Crippen LogP contribution in [-0.2, 0) is 11.2 Å². The predicted octanol–water partition coefficient (Wildman–Crippen LogP) is 2.91. The molecule has 1 aromatic carbocycles. The largest absolute Gasteiger partial charge is 0.492 e. The summed E-state index contributed by atoms with van der Waals surface area (Å²) in [5.74, 6) is 0.918. The zero-order chi connectivity index (χ0) is 18.1. The highest BCUT2D eigenvalue weighted by Crippen LogP contribution is 2.27. The number of hydrogen-bond acceptors (Lipinski definition) is 4. The monoisotopic (exact) mass is 347 g/mol. The molecule has 140 valence electrons. The third-order valence-electron chi connectivity index (χ3n) is 4.89. The van der Waals surface area contributed by atoms with E-state index in [4.69, 9.17) is 4.74 Å². The van der Waals surface area contributed by atoms with Gasteiger partial charge in [-0.05, 0) is 43.9 Å². The van der Waals surface area contributed by atoms with E-state index < -0.39 is 0 Å². The highest BCUT2D eigenvalue weighted by molar-refractivity contribution is 5.93. The van der Waals surface area contributed by atoms with Crippen molar-refractivity contribution in [2.24, 2.45) is 5.92 Å². The molecule has 0 saturated carbocycles. The first-order valence-corrected chi connectivity index (χ1v) is 9.67. The quantitative estimate of drug-likeness (QED) is 0.721. The van der Waals surface area contributed by atoms with E-state index in [-0.39, 0.29) is 11.8 Å². The third-order valence-corrected chi connectivity index (χ3v) is 4.89. The van der Waals surface area contributed by atoms with Crippen LogP contribution in [0.15, 0.2) is 18.2 Å². The molecule has 5 heteroatoms. The van der Waals surface area contributed by atoms with Crippen LogP contribution < -0.4 is 15.4 Å². The summed E-state index contributed by atoms with van der Waals surface area (Å²) in [5, 5.41) is 6.43. The lowest BCUT2D eigenvalue weighted by atomic mass is 10.0. The summed E-state index contributed by atoms with van der Waals surface area (Å²) >= 11 is 0. The zero-order valence-corrected chi connectivity index (χ0v) is 15.9. The maximum absolute atomic E-state index is 12.4. The molecule has 5 nitrogen and oxygen atoms in total. The molecule has 0 atom stereocenters. The zero-order valence-electron chi connectivity index (χ0n) is 15.9. The molecule has 1 aliphatic rings. The standard InChI is InChI=1S/C20H33N3O2/c1-4-17(5-2)20(24)22-18-8-7-16(15-19(18)25-6-3)9-12-23-13-10-21-11-14-23/h7-8,15,17,21H,4-6,9-14H2,1-3H3,(H,22,24). The molecule has 0 spiro atoms. The minimum Gasteiger partial charge on any atom is -0.492 e. The van der Waals surface area contributed by atoms with Crippen molar-refractivity contribution in [2.75, 3.05) is 44.6 Å². The van der Waals surface area contributed by atoms with Crippen LogP contribution in [0.25, 0.3) is 0 Å². The van der Waals surface area contributed by atoms with Crippen molar-refractivity contribution >= 4 is 11.6 Å². The van der Waals surface area contributed by atoms with E-state index in [1.165, 1.54) is 5.56 Å². The molecule has 2 rings (SSSR count). The fraction of sp³-hybridized carbons (Fsp3) is 0.650. The number of rotatable bonds is 9. The maximum Gasteiger partial charge on any atom is 0.227 e. The molecule has 2 N–H and O–H groups in total. The van der Waals surface area contributed by atoms with Crippen LogP contribution in [0.5, 0.6) is 5.75 Å². The second kappa shape index (κ2) is 10.4. The van der Waals surface area contributed by atoms with Crippen LogP contribution in [0, 0.1) is 5.92 Å². The van der Waals surface area contributed by atoms with Crippen LogP contribution in [0.3, 0.4) is 0 Å². The van der Waals surface area contributed by atoms with Crippen molar-refractivity contribution in [3.8, 4) is 5.75 Å². The second-order valence-corrected chi connectivity index (χ2v) is 6.61. The molecule has 1 fully saturated rings. The fourth-order valence-corrected chi connectivity index (χ4v) is 3.22. The SMILES string of the molecule is CCOc1cc(CCN2CCNCC2)ccc1NC(=O)C(CC)CC. The Morgan fingerprint density at radius 2 is 1.96 bits per heavy atom. The smallest absolute Gasteiger partial charge is 0.227 e. The van der Waals surface area contributed by atoms with Crippen molar-refractivity contribution in [1.29, 1.82) is 0 Å². The Hall–Kier alpha value is -1.59. The number of hydrogen-bond donors (Lipinski definition) is 2. The number of benzene rings is 1. The molecule has 1 heterocycles. The lowest BCUT2D eigenvalue weighted by Crippen LogP contribution is -2.44. The van der Waals surface area contributed by atoms with Crippen LogP contribution in [0.1, 0.15) is 39.2 Å². The minimum atomic E-state index is 0.0573. The van der Waals surface area contributed by atoms with E-state index in [9.17, 15) is 4.79 Å². The molecule has 25 heavy (non-hydrogen) atoms. The molecular weight excluding hydrogens is 314 g/mol. The van der Waals surface area contributed by atoms with Crippen molar-refractivity contribution in [1.82, 2.24) is 10.2 Å². The number of nitrogens with zero attached hydrogens (tertiary/aromatic N) is 1. The predicted molar refractivity (Wildman–Crippen MR) is 103 cm³/mol. The summed E-state index contributed by atoms with van der Waals surface area (Å²) < 4.78 is 5.78. The Morgan fingerprint density at radius 1 is 1.24 bits per heavy atom. The maximum atomic E-state index is 12.4. The van der Waals surface area contributed by atoms with Gasteiger partial charge in [0.25, 0.3) is 0 Å². The molecule has 1 saturated heterocycles. The van der Waals surface area contributed by atoms with Gasteiger partial charge in [0.2, 0.25) is 5.91 Å². The van der Waals surface area contributed by atoms with Crippen LogP contribution in [-0.4, -0.2) is 50.1 Å². The summed E-state index contributed by atoms with van der Waals surface area (Å²) in [5.41, 5.74) is 2.03. The van der Waals surface area contributed by atoms with E-state index in [0.717, 1.165) is 63.4 Å². The van der Waals surface area contributed by atoms with Gasteiger partial charge in [0.1, 0.15) is 5.75 Å². The van der Waals surface area contributed by atoms with Gasteiger partial charge in [-0.3, -0.25) is 4.79 Å². The molecule has 1 aliphatic heterocycles. The summed E-state index contributed by atoms with van der Waals surface area (Å²) in [6.45, 7) is 12.1. The first kappa shape index (κ1) is 19.7. The Bertz CT molecular complexity index is 538. The van der Waals surface area contributed by atoms with Crippen molar-refractivity contribution in [3.05, 3.63) is 23.8 Å². The highest BCUT2D eigenvalue weighted by Gasteiger charge is 2.16. The molecule has 0 unspecified atom stereocenters. The van der Waals surface area contributed by atoms with Gasteiger partial charge in [0.05, 0.1) is 12.3 Å². The molecule has 1 aromatic rings. The first-order chi connectivity index (χ1) is 12.2. The summed E-state index contributed by atoms with van der Waals surface area (Å²) in [4.78, 5) is 14.9. The van der Waals surface area contributed by atoms with E-state index in [1.54, 1.807) is 0 Å². The van der Waals surface area contributed by atoms with Crippen molar-refractivity contribution in [2.45, 2.75) is 40.0 Å². The molecule has 0 aliphatic carbocycles. The fourth-order valence-electron chi connectivity index (χ4n) is 3.22. The van der Waals surface area contributed by atoms with Gasteiger partial charge in [-0.15, -0.1) is 0 Å². The number of nitrogens with one attached hydrogen (secondary N) is 2. The molecule has 0 radical (unpaired) electrons. The Labute approximate surface area is 152 Å². The first-order valence-electron chi connectivity index (χ1n) is 9.67. The number of anilines is 1. The Balaban J connectivity index is 2.01. The van der Waals surface area contributed by atoms with Gasteiger partial charge in [0.15, 0.2) is 0 Å². The van der Waals surface area contributed by atoms with E-state index in [0.29, 0.717) is 6.61 Å². The molecule has 0 aromatic heterocycles. The number of carbonyl (C=O) groups is 1. The van der Waals surface area contributed by atoms with Crippen LogP contribution in [0.4, 0.5) is 5.69 Å². The van der Waals surface area contributed by atoms with Gasteiger partial charge in [-0.2, -0.15) is 0 Å². The highest BCUT2D eigenvalue weighted by atomic mass is 16.5. The van der Waals surface area contributed by atoms with Crippen LogP contribution in [0.2, 0.25) is 0 Å². The van der Waals surface area contributed by atoms with Gasteiger partial charge >= 0.3 is 0 Å². The third kappa shape index (κ3) is 6.01. The van der Waals surface area contributed by atoms with E-state index in [2.05, 4.69) is 41.5 Å². The number of ether oxygens (including phenoxy) is 1. The Morgan fingerprint density at radius 3 is 2.60 bits per heavy atom. The van der Waals surface area contributed by atoms with E-state index >= 15 is 0 Å². The average molecular weight is 348 g/mol. The second-order valence-electron chi connectivity index (χ2n) is 6.61. The normalized spacial score (nSPS) is 15.4. The average Bonchev–Trinajstić information content (AvgIpc) is 2.64. The lowest BCUT2D eigenvalue weighted by molar-refractivity contribution is -0.120. The minimum absolute atomic E-state index is 0.0573. The van der Waals surface area contributed by atoms with Crippen LogP contribution >= 0.6 is 0 Å². The van der Waals surface area contributed by atoms with Crippen molar-refractivity contribution in [3.63, 3.8) is 0 Å².